The number of carboxylic acid groups (broad SMARTS) is 1. The van der Waals surface area contributed by atoms with Gasteiger partial charge in [-0.2, -0.15) is 0 Å². The number of aliphatic carboxylic acids is 1. The third-order valence-electron chi connectivity index (χ3n) is 7.54. The molecule has 0 spiro atoms. The second-order valence-corrected chi connectivity index (χ2v) is 10.4. The molecule has 0 bridgehead atoms. The first kappa shape index (κ1) is 26.4. The molecule has 7 heteroatoms. The number of rotatable bonds is 7. The monoisotopic (exact) mass is 528 g/mol. The lowest BCUT2D eigenvalue weighted by atomic mass is 9.88. The Bertz CT molecular complexity index is 1500. The van der Waals surface area contributed by atoms with E-state index in [0.29, 0.717) is 42.2 Å². The summed E-state index contributed by atoms with van der Waals surface area (Å²) in [7, 11) is 0. The van der Waals surface area contributed by atoms with Crippen LogP contribution in [0, 0.1) is 19.7 Å². The highest BCUT2D eigenvalue weighted by Crippen LogP contribution is 2.45. The van der Waals surface area contributed by atoms with Gasteiger partial charge in [0.05, 0.1) is 13.0 Å². The van der Waals surface area contributed by atoms with E-state index >= 15 is 4.39 Å². The van der Waals surface area contributed by atoms with Crippen LogP contribution in [-0.4, -0.2) is 17.7 Å². The molecule has 1 aliphatic heterocycles. The average Bonchev–Trinajstić information content (AvgIpc) is 3.47. The van der Waals surface area contributed by atoms with E-state index in [0.717, 1.165) is 44.5 Å². The average molecular weight is 529 g/mol. The first-order valence-electron chi connectivity index (χ1n) is 13.1. The zero-order valence-corrected chi connectivity index (χ0v) is 22.4. The predicted molar refractivity (Wildman–Crippen MR) is 150 cm³/mol. The molecule has 39 heavy (non-hydrogen) atoms. The predicted octanol–water partition coefficient (Wildman–Crippen LogP) is 6.29. The molecule has 202 valence electrons. The molecule has 3 aromatic rings. The largest absolute Gasteiger partial charge is 0.492 e. The number of carbonyl (C=O) groups is 1. The van der Waals surface area contributed by atoms with E-state index in [4.69, 9.17) is 26.0 Å². The van der Waals surface area contributed by atoms with Crippen molar-refractivity contribution in [3.8, 4) is 22.6 Å². The number of fused-ring (bicyclic) bond motifs is 2. The van der Waals surface area contributed by atoms with Crippen molar-refractivity contribution in [3.05, 3.63) is 99.6 Å². The fraction of sp³-hybridized carbons (Fsp3) is 0.281. The minimum absolute atomic E-state index is 0.0180. The Hall–Kier alpha value is -4.26. The molecule has 1 unspecified atom stereocenters. The number of hydrogen-bond acceptors (Lipinski definition) is 5. The molecule has 3 aromatic carbocycles. The van der Waals surface area contributed by atoms with Gasteiger partial charge in [-0.05, 0) is 90.8 Å². The van der Waals surface area contributed by atoms with Gasteiger partial charge in [0, 0.05) is 35.0 Å². The van der Waals surface area contributed by atoms with Crippen LogP contribution in [0.25, 0.3) is 16.7 Å². The zero-order chi connectivity index (χ0) is 27.8. The fourth-order valence-corrected chi connectivity index (χ4v) is 5.93. The molecule has 2 aliphatic rings. The number of ether oxygens (including phenoxy) is 2. The van der Waals surface area contributed by atoms with E-state index in [1.165, 1.54) is 6.07 Å². The molecule has 1 aliphatic carbocycles. The van der Waals surface area contributed by atoms with E-state index in [9.17, 15) is 4.79 Å². The van der Waals surface area contributed by atoms with Gasteiger partial charge in [0.1, 0.15) is 23.4 Å². The molecule has 2 atom stereocenters. The van der Waals surface area contributed by atoms with Crippen molar-refractivity contribution in [2.24, 2.45) is 11.5 Å². The highest BCUT2D eigenvalue weighted by atomic mass is 19.1. The van der Waals surface area contributed by atoms with Crippen molar-refractivity contribution < 1.29 is 23.8 Å². The number of benzene rings is 3. The summed E-state index contributed by atoms with van der Waals surface area (Å²) in [5, 5.41) is 9.15. The fourth-order valence-electron chi connectivity index (χ4n) is 5.93. The van der Waals surface area contributed by atoms with Gasteiger partial charge in [-0.3, -0.25) is 4.79 Å². The molecule has 0 aromatic heterocycles. The maximum atomic E-state index is 15.3. The maximum absolute atomic E-state index is 15.3. The lowest BCUT2D eigenvalue weighted by Crippen LogP contribution is -2.07. The molecular formula is C32H33FN2O4. The molecule has 0 saturated carbocycles. The van der Waals surface area contributed by atoms with Crippen LogP contribution >= 0.6 is 0 Å². The van der Waals surface area contributed by atoms with Gasteiger partial charge in [-0.25, -0.2) is 4.39 Å². The number of aryl methyl sites for hydroxylation is 2. The Morgan fingerprint density at radius 1 is 1.18 bits per heavy atom. The van der Waals surface area contributed by atoms with Crippen molar-refractivity contribution >= 4 is 11.5 Å². The number of allylic oxidation sites excluding steroid dienone is 3. The molecule has 0 radical (unpaired) electrons. The molecule has 0 fully saturated rings. The molecule has 1 heterocycles. The molecule has 5 N–H and O–H groups in total. The van der Waals surface area contributed by atoms with Gasteiger partial charge in [0.2, 0.25) is 0 Å². The van der Waals surface area contributed by atoms with Crippen LogP contribution in [0.5, 0.6) is 11.5 Å². The number of carboxylic acids is 1. The van der Waals surface area contributed by atoms with Gasteiger partial charge in [-0.1, -0.05) is 24.3 Å². The summed E-state index contributed by atoms with van der Waals surface area (Å²) < 4.78 is 27.3. The minimum atomic E-state index is -0.857. The highest BCUT2D eigenvalue weighted by Gasteiger charge is 2.32. The lowest BCUT2D eigenvalue weighted by molar-refractivity contribution is -0.137. The Kier molecular flexibility index (Phi) is 7.08. The van der Waals surface area contributed by atoms with Gasteiger partial charge < -0.3 is 26.0 Å². The van der Waals surface area contributed by atoms with Crippen LogP contribution in [0.3, 0.4) is 0 Å². The van der Waals surface area contributed by atoms with Crippen LogP contribution in [0.15, 0.2) is 60.4 Å². The summed E-state index contributed by atoms with van der Waals surface area (Å²) in [6.07, 6.45) is 4.33. The quantitative estimate of drug-likeness (QED) is 0.311. The van der Waals surface area contributed by atoms with Crippen molar-refractivity contribution in [1.82, 2.24) is 0 Å². The lowest BCUT2D eigenvalue weighted by Gasteiger charge is -2.19. The topological polar surface area (TPSA) is 108 Å². The van der Waals surface area contributed by atoms with Crippen molar-refractivity contribution in [2.75, 3.05) is 6.61 Å². The van der Waals surface area contributed by atoms with Crippen LogP contribution in [0.1, 0.15) is 65.2 Å². The second kappa shape index (κ2) is 10.5. The minimum Gasteiger partial charge on any atom is -0.492 e. The summed E-state index contributed by atoms with van der Waals surface area (Å²) in [5.74, 6) is -0.108. The van der Waals surface area contributed by atoms with Crippen LogP contribution in [0.4, 0.5) is 4.39 Å². The van der Waals surface area contributed by atoms with Crippen LogP contribution in [0.2, 0.25) is 0 Å². The van der Waals surface area contributed by atoms with Crippen molar-refractivity contribution in [2.45, 2.75) is 52.1 Å². The maximum Gasteiger partial charge on any atom is 0.304 e. The summed E-state index contributed by atoms with van der Waals surface area (Å²) in [6.45, 7) is 6.26. The summed E-state index contributed by atoms with van der Waals surface area (Å²) in [6, 6.07) is 13.0. The third kappa shape index (κ3) is 5.09. The molecule has 0 saturated heterocycles. The summed E-state index contributed by atoms with van der Waals surface area (Å²) in [4.78, 5) is 11.2. The summed E-state index contributed by atoms with van der Waals surface area (Å²) in [5.41, 5.74) is 20.9. The number of nitrogens with two attached hydrogens (primary N) is 2. The van der Waals surface area contributed by atoms with Gasteiger partial charge >= 0.3 is 5.97 Å². The Morgan fingerprint density at radius 3 is 2.59 bits per heavy atom. The molecule has 6 nitrogen and oxygen atoms in total. The van der Waals surface area contributed by atoms with Crippen molar-refractivity contribution in [1.29, 1.82) is 0 Å². The van der Waals surface area contributed by atoms with Crippen LogP contribution in [-0.2, 0) is 11.2 Å². The number of hydrogen-bond donors (Lipinski definition) is 3. The Labute approximate surface area is 227 Å². The Balaban J connectivity index is 1.46. The van der Waals surface area contributed by atoms with Gasteiger partial charge in [0.25, 0.3) is 0 Å². The van der Waals surface area contributed by atoms with Crippen LogP contribution < -0.4 is 20.9 Å². The number of halogens is 1. The van der Waals surface area contributed by atoms with E-state index in [2.05, 4.69) is 26.0 Å². The zero-order valence-electron chi connectivity index (χ0n) is 22.4. The Morgan fingerprint density at radius 2 is 1.92 bits per heavy atom. The first-order chi connectivity index (χ1) is 18.7. The SMILES string of the molecule is C/C(N)=C/C(=C\N)c1cc(C)c(-c2ccc(F)c3c2CC[C@H]3Oc2ccc3c(c2)OCC3CC(=O)O)c(C)c1. The van der Waals surface area contributed by atoms with Gasteiger partial charge in [-0.15, -0.1) is 0 Å². The van der Waals surface area contributed by atoms with E-state index in [1.807, 2.05) is 31.2 Å². The summed E-state index contributed by atoms with van der Waals surface area (Å²) >= 11 is 0. The molecular weight excluding hydrogens is 495 g/mol. The first-order valence-corrected chi connectivity index (χ1v) is 13.1. The van der Waals surface area contributed by atoms with Crippen molar-refractivity contribution in [3.63, 3.8) is 0 Å². The molecule has 0 amide bonds. The third-order valence-corrected chi connectivity index (χ3v) is 7.54. The smallest absolute Gasteiger partial charge is 0.304 e. The standard InChI is InChI=1S/C32H33FN2O4/c1-17-10-20(21(15-34)12-19(3)35)11-18(2)31(17)25-6-8-27(33)32-26(25)7-9-28(32)39-23-4-5-24-22(13-30(36)37)16-38-29(24)14-23/h4-6,8,10-12,14-15,22,28H,7,9,13,16,34-35H2,1-3H3,(H,36,37)/b19-12-,21-15+/t22?,28-/m1/s1. The normalized spacial score (nSPS) is 18.5. The van der Waals surface area contributed by atoms with E-state index < -0.39 is 12.1 Å². The second-order valence-electron chi connectivity index (χ2n) is 10.4. The van der Waals surface area contributed by atoms with E-state index in [-0.39, 0.29) is 18.2 Å². The highest BCUT2D eigenvalue weighted by molar-refractivity contribution is 5.81. The molecule has 5 rings (SSSR count). The van der Waals surface area contributed by atoms with Gasteiger partial charge in [0.15, 0.2) is 0 Å². The van der Waals surface area contributed by atoms with E-state index in [1.54, 1.807) is 12.3 Å².